The van der Waals surface area contributed by atoms with Gasteiger partial charge in [-0.15, -0.1) is 0 Å². The van der Waals surface area contributed by atoms with Crippen molar-refractivity contribution in [3.8, 4) is 0 Å². The molecule has 1 aliphatic carbocycles. The third-order valence-electron chi connectivity index (χ3n) is 3.69. The number of benzene rings is 1. The van der Waals surface area contributed by atoms with Crippen molar-refractivity contribution >= 4 is 23.0 Å². The molecule has 0 amide bonds. The molecule has 0 spiro atoms. The molecule has 0 saturated heterocycles. The van der Waals surface area contributed by atoms with E-state index in [4.69, 9.17) is 11.6 Å². The van der Waals surface area contributed by atoms with E-state index in [0.29, 0.717) is 28.6 Å². The Morgan fingerprint density at radius 3 is 2.47 bits per heavy atom. The molecular weight excluding hydrogens is 264 g/mol. The SMILES string of the molecule is CC1CC(C)CC(Nc2ccc(Cl)cc2[N+](=O)[O-])C1. The molecule has 0 radical (unpaired) electrons. The summed E-state index contributed by atoms with van der Waals surface area (Å²) >= 11 is 5.82. The number of halogens is 1. The molecule has 19 heavy (non-hydrogen) atoms. The second kappa shape index (κ2) is 5.78. The van der Waals surface area contributed by atoms with Crippen LogP contribution in [0.2, 0.25) is 5.02 Å². The lowest BCUT2D eigenvalue weighted by molar-refractivity contribution is -0.384. The van der Waals surface area contributed by atoms with Crippen LogP contribution in [0, 0.1) is 22.0 Å². The fourth-order valence-electron chi connectivity index (χ4n) is 3.06. The lowest BCUT2D eigenvalue weighted by atomic mass is 9.80. The molecule has 1 fully saturated rings. The van der Waals surface area contributed by atoms with Crippen LogP contribution in [0.5, 0.6) is 0 Å². The summed E-state index contributed by atoms with van der Waals surface area (Å²) in [5, 5.41) is 14.8. The Morgan fingerprint density at radius 1 is 1.26 bits per heavy atom. The van der Waals surface area contributed by atoms with Gasteiger partial charge in [-0.05, 0) is 43.2 Å². The maximum absolute atomic E-state index is 11.1. The molecule has 0 bridgehead atoms. The molecule has 104 valence electrons. The minimum Gasteiger partial charge on any atom is -0.377 e. The molecule has 2 atom stereocenters. The highest BCUT2D eigenvalue weighted by Crippen LogP contribution is 2.34. The van der Waals surface area contributed by atoms with Crippen LogP contribution in [0.3, 0.4) is 0 Å². The van der Waals surface area contributed by atoms with E-state index in [0.717, 1.165) is 12.8 Å². The summed E-state index contributed by atoms with van der Waals surface area (Å²) in [5.74, 6) is 1.32. The first-order valence-electron chi connectivity index (χ1n) is 6.66. The van der Waals surface area contributed by atoms with E-state index in [2.05, 4.69) is 19.2 Å². The van der Waals surface area contributed by atoms with Gasteiger partial charge >= 0.3 is 0 Å². The summed E-state index contributed by atoms with van der Waals surface area (Å²) in [6.45, 7) is 4.47. The number of nitrogens with one attached hydrogen (secondary N) is 1. The quantitative estimate of drug-likeness (QED) is 0.657. The van der Waals surface area contributed by atoms with Crippen molar-refractivity contribution in [3.05, 3.63) is 33.3 Å². The highest BCUT2D eigenvalue weighted by molar-refractivity contribution is 6.30. The summed E-state index contributed by atoms with van der Waals surface area (Å²) < 4.78 is 0. The Bertz CT molecular complexity index is 469. The molecule has 1 aromatic rings. The first-order valence-corrected chi connectivity index (χ1v) is 7.04. The average molecular weight is 283 g/mol. The van der Waals surface area contributed by atoms with Crippen LogP contribution >= 0.6 is 11.6 Å². The highest BCUT2D eigenvalue weighted by Gasteiger charge is 2.25. The fraction of sp³-hybridized carbons (Fsp3) is 0.571. The van der Waals surface area contributed by atoms with Gasteiger partial charge in [0.05, 0.1) is 4.92 Å². The molecule has 0 heterocycles. The van der Waals surface area contributed by atoms with E-state index in [1.165, 1.54) is 12.5 Å². The van der Waals surface area contributed by atoms with E-state index < -0.39 is 0 Å². The van der Waals surface area contributed by atoms with Crippen molar-refractivity contribution in [3.63, 3.8) is 0 Å². The van der Waals surface area contributed by atoms with E-state index in [-0.39, 0.29) is 10.6 Å². The average Bonchev–Trinajstić information content (AvgIpc) is 2.30. The second-order valence-electron chi connectivity index (χ2n) is 5.68. The van der Waals surface area contributed by atoms with Crippen molar-refractivity contribution < 1.29 is 4.92 Å². The Kier molecular flexibility index (Phi) is 4.30. The Balaban J connectivity index is 2.16. The van der Waals surface area contributed by atoms with Crippen LogP contribution < -0.4 is 5.32 Å². The van der Waals surface area contributed by atoms with Gasteiger partial charge in [-0.2, -0.15) is 0 Å². The monoisotopic (exact) mass is 282 g/mol. The Hall–Kier alpha value is -1.29. The first-order chi connectivity index (χ1) is 8.95. The van der Waals surface area contributed by atoms with Gasteiger partial charge in [-0.3, -0.25) is 10.1 Å². The third-order valence-corrected chi connectivity index (χ3v) is 3.93. The number of nitro benzene ring substituents is 1. The number of rotatable bonds is 3. The van der Waals surface area contributed by atoms with Gasteiger partial charge in [0, 0.05) is 17.1 Å². The van der Waals surface area contributed by atoms with Crippen LogP contribution in [0.15, 0.2) is 18.2 Å². The second-order valence-corrected chi connectivity index (χ2v) is 6.11. The summed E-state index contributed by atoms with van der Waals surface area (Å²) in [6, 6.07) is 5.09. The van der Waals surface area contributed by atoms with Gasteiger partial charge in [-0.1, -0.05) is 25.4 Å². The van der Waals surface area contributed by atoms with E-state index in [9.17, 15) is 10.1 Å². The van der Waals surface area contributed by atoms with Gasteiger partial charge < -0.3 is 5.32 Å². The predicted octanol–water partition coefficient (Wildman–Crippen LogP) is 4.48. The van der Waals surface area contributed by atoms with Gasteiger partial charge in [-0.25, -0.2) is 0 Å². The molecular formula is C14H19ClN2O2. The van der Waals surface area contributed by atoms with Crippen molar-refractivity contribution in [2.75, 3.05) is 5.32 Å². The predicted molar refractivity (Wildman–Crippen MR) is 77.7 cm³/mol. The number of nitro groups is 1. The largest absolute Gasteiger partial charge is 0.377 e. The topological polar surface area (TPSA) is 55.2 Å². The summed E-state index contributed by atoms with van der Waals surface area (Å²) in [4.78, 5) is 10.7. The van der Waals surface area contributed by atoms with Crippen molar-refractivity contribution in [1.82, 2.24) is 0 Å². The number of anilines is 1. The molecule has 4 nitrogen and oxygen atoms in total. The maximum Gasteiger partial charge on any atom is 0.293 e. The van der Waals surface area contributed by atoms with Crippen molar-refractivity contribution in [2.24, 2.45) is 11.8 Å². The number of nitrogens with zero attached hydrogens (tertiary/aromatic N) is 1. The van der Waals surface area contributed by atoms with Crippen molar-refractivity contribution in [2.45, 2.75) is 39.2 Å². The van der Waals surface area contributed by atoms with Gasteiger partial charge in [0.25, 0.3) is 5.69 Å². The number of hydrogen-bond acceptors (Lipinski definition) is 3. The van der Waals surface area contributed by atoms with Gasteiger partial charge in [0.2, 0.25) is 0 Å². The smallest absolute Gasteiger partial charge is 0.293 e. The molecule has 5 heteroatoms. The maximum atomic E-state index is 11.1. The lowest BCUT2D eigenvalue weighted by Gasteiger charge is -2.32. The summed E-state index contributed by atoms with van der Waals surface area (Å²) in [7, 11) is 0. The summed E-state index contributed by atoms with van der Waals surface area (Å²) in [5.41, 5.74) is 0.624. The Morgan fingerprint density at radius 2 is 1.89 bits per heavy atom. The standard InChI is InChI=1S/C14H19ClN2O2/c1-9-5-10(2)7-12(6-9)16-13-4-3-11(15)8-14(13)17(18)19/h3-4,8-10,12,16H,5-7H2,1-2H3. The fourth-order valence-corrected chi connectivity index (χ4v) is 3.23. The Labute approximate surface area is 118 Å². The zero-order valence-electron chi connectivity index (χ0n) is 11.2. The molecule has 0 aromatic heterocycles. The molecule has 2 unspecified atom stereocenters. The van der Waals surface area contributed by atoms with Crippen LogP contribution in [0.25, 0.3) is 0 Å². The van der Waals surface area contributed by atoms with Gasteiger partial charge in [0.15, 0.2) is 0 Å². The summed E-state index contributed by atoms with van der Waals surface area (Å²) in [6.07, 6.45) is 3.36. The van der Waals surface area contributed by atoms with Crippen LogP contribution in [-0.2, 0) is 0 Å². The molecule has 1 N–H and O–H groups in total. The highest BCUT2D eigenvalue weighted by atomic mass is 35.5. The van der Waals surface area contributed by atoms with Crippen LogP contribution in [-0.4, -0.2) is 11.0 Å². The van der Waals surface area contributed by atoms with Gasteiger partial charge in [0.1, 0.15) is 5.69 Å². The van der Waals surface area contributed by atoms with E-state index in [1.54, 1.807) is 12.1 Å². The van der Waals surface area contributed by atoms with Crippen LogP contribution in [0.4, 0.5) is 11.4 Å². The molecule has 2 rings (SSSR count). The van der Waals surface area contributed by atoms with Crippen LogP contribution in [0.1, 0.15) is 33.1 Å². The minimum atomic E-state index is -0.385. The molecule has 1 aromatic carbocycles. The molecule has 0 aliphatic heterocycles. The lowest BCUT2D eigenvalue weighted by Crippen LogP contribution is -2.30. The third kappa shape index (κ3) is 3.60. The van der Waals surface area contributed by atoms with E-state index >= 15 is 0 Å². The molecule has 1 aliphatic rings. The zero-order chi connectivity index (χ0) is 14.0. The first kappa shape index (κ1) is 14.1. The van der Waals surface area contributed by atoms with Crippen molar-refractivity contribution in [1.29, 1.82) is 0 Å². The van der Waals surface area contributed by atoms with E-state index in [1.807, 2.05) is 0 Å². The molecule has 1 saturated carbocycles. The number of hydrogen-bond donors (Lipinski definition) is 1. The normalized spacial score (nSPS) is 27.0. The zero-order valence-corrected chi connectivity index (χ0v) is 12.0. The minimum absolute atomic E-state index is 0.0541.